The lowest BCUT2D eigenvalue weighted by atomic mass is 9.98. The number of carbonyl (C=O) groups excluding carboxylic acids is 1. The number of hydrogen-bond donors (Lipinski definition) is 0. The van der Waals surface area contributed by atoms with E-state index in [1.165, 1.54) is 23.3 Å². The van der Waals surface area contributed by atoms with E-state index in [0.717, 1.165) is 17.1 Å². The van der Waals surface area contributed by atoms with Gasteiger partial charge in [0.2, 0.25) is 0 Å². The number of hydrogen-bond acceptors (Lipinski definition) is 3. The van der Waals surface area contributed by atoms with Crippen LogP contribution in [-0.2, 0) is 0 Å². The summed E-state index contributed by atoms with van der Waals surface area (Å²) in [5.41, 5.74) is 2.10. The molecule has 1 nitrogen and oxygen atoms in total. The highest BCUT2D eigenvalue weighted by Gasteiger charge is 2.23. The van der Waals surface area contributed by atoms with E-state index in [9.17, 15) is 4.79 Å². The smallest absolute Gasteiger partial charge is 0.167 e. The Labute approximate surface area is 185 Å². The number of allylic oxidation sites excluding steroid dienone is 1. The van der Waals surface area contributed by atoms with Crippen LogP contribution in [0.15, 0.2) is 71.6 Å². The van der Waals surface area contributed by atoms with Crippen LogP contribution < -0.4 is 0 Å². The molecule has 0 radical (unpaired) electrons. The van der Waals surface area contributed by atoms with E-state index in [1.807, 2.05) is 55.9 Å². The normalized spacial score (nSPS) is 19.2. The molecule has 1 aliphatic carbocycles. The Bertz CT molecular complexity index is 752. The van der Waals surface area contributed by atoms with Gasteiger partial charge in [0.05, 0.1) is 0 Å². The summed E-state index contributed by atoms with van der Waals surface area (Å²) in [4.78, 5) is 14.3. The van der Waals surface area contributed by atoms with Crippen molar-refractivity contribution < 1.29 is 4.79 Å². The highest BCUT2D eigenvalue weighted by atomic mass is 32.2. The van der Waals surface area contributed by atoms with E-state index in [0.29, 0.717) is 11.2 Å². The van der Waals surface area contributed by atoms with Gasteiger partial charge < -0.3 is 0 Å². The van der Waals surface area contributed by atoms with Crippen LogP contribution in [0.4, 0.5) is 0 Å². The molecular formula is C26H34OS2. The highest BCUT2D eigenvalue weighted by molar-refractivity contribution is 8.00. The fourth-order valence-corrected chi connectivity index (χ4v) is 5.57. The summed E-state index contributed by atoms with van der Waals surface area (Å²) in [7, 11) is 0. The van der Waals surface area contributed by atoms with Gasteiger partial charge in [0.1, 0.15) is 0 Å². The van der Waals surface area contributed by atoms with Crippen molar-refractivity contribution in [3.63, 3.8) is 0 Å². The minimum atomic E-state index is 0.0384. The lowest BCUT2D eigenvalue weighted by molar-refractivity contribution is 0.0944. The van der Waals surface area contributed by atoms with E-state index in [1.54, 1.807) is 11.8 Å². The molecule has 0 amide bonds. The van der Waals surface area contributed by atoms with E-state index >= 15 is 0 Å². The van der Waals surface area contributed by atoms with E-state index < -0.39 is 0 Å². The molecule has 0 heterocycles. The number of ketones is 1. The second-order valence-electron chi connectivity index (χ2n) is 7.36. The SMILES string of the molecule is CC.Cc1ccc(SCC(CSC2C=CC(C)CC2)C(=O)c2ccccc2)cc1. The average molecular weight is 427 g/mol. The summed E-state index contributed by atoms with van der Waals surface area (Å²) in [5.74, 6) is 2.72. The van der Waals surface area contributed by atoms with E-state index in [-0.39, 0.29) is 11.7 Å². The zero-order valence-electron chi connectivity index (χ0n) is 18.1. The summed E-state index contributed by atoms with van der Waals surface area (Å²) < 4.78 is 0. The molecular weight excluding hydrogens is 392 g/mol. The number of rotatable bonds is 8. The van der Waals surface area contributed by atoms with Crippen molar-refractivity contribution in [3.8, 4) is 0 Å². The van der Waals surface area contributed by atoms with Crippen molar-refractivity contribution >= 4 is 29.3 Å². The summed E-state index contributed by atoms with van der Waals surface area (Å²) >= 11 is 3.74. The minimum Gasteiger partial charge on any atom is -0.294 e. The predicted molar refractivity (Wildman–Crippen MR) is 131 cm³/mol. The van der Waals surface area contributed by atoms with E-state index in [4.69, 9.17) is 0 Å². The largest absolute Gasteiger partial charge is 0.294 e. The number of thioether (sulfide) groups is 2. The van der Waals surface area contributed by atoms with Gasteiger partial charge in [-0.2, -0.15) is 11.8 Å². The summed E-state index contributed by atoms with van der Waals surface area (Å²) in [6.45, 7) is 8.38. The monoisotopic (exact) mass is 426 g/mol. The molecule has 3 heteroatoms. The molecule has 2 aromatic carbocycles. The van der Waals surface area contributed by atoms with Crippen molar-refractivity contribution in [2.75, 3.05) is 11.5 Å². The molecule has 3 unspecified atom stereocenters. The van der Waals surface area contributed by atoms with Crippen LogP contribution in [0.25, 0.3) is 0 Å². The molecule has 0 fully saturated rings. The van der Waals surface area contributed by atoms with Crippen LogP contribution in [0.5, 0.6) is 0 Å². The molecule has 156 valence electrons. The zero-order valence-corrected chi connectivity index (χ0v) is 19.8. The van der Waals surface area contributed by atoms with E-state index in [2.05, 4.69) is 50.3 Å². The molecule has 0 saturated heterocycles. The Morgan fingerprint density at radius 3 is 2.28 bits per heavy atom. The van der Waals surface area contributed by atoms with Crippen molar-refractivity contribution in [2.45, 2.75) is 50.7 Å². The molecule has 0 aliphatic heterocycles. The second-order valence-corrected chi connectivity index (χ2v) is 9.73. The molecule has 3 rings (SSSR count). The van der Waals surface area contributed by atoms with Crippen LogP contribution >= 0.6 is 23.5 Å². The Hall–Kier alpha value is -1.45. The van der Waals surface area contributed by atoms with Gasteiger partial charge in [0.15, 0.2) is 5.78 Å². The van der Waals surface area contributed by atoms with Gasteiger partial charge in [-0.15, -0.1) is 11.8 Å². The zero-order chi connectivity index (χ0) is 21.1. The molecule has 3 atom stereocenters. The molecule has 1 aliphatic rings. The number of carbonyl (C=O) groups is 1. The lowest BCUT2D eigenvalue weighted by Gasteiger charge is -2.22. The van der Waals surface area contributed by atoms with Crippen molar-refractivity contribution in [2.24, 2.45) is 11.8 Å². The van der Waals surface area contributed by atoms with Crippen LogP contribution in [0.3, 0.4) is 0 Å². The molecule has 0 N–H and O–H groups in total. The Balaban J connectivity index is 0.00000145. The first kappa shape index (κ1) is 23.8. The Morgan fingerprint density at radius 1 is 0.966 bits per heavy atom. The third-order valence-corrected chi connectivity index (χ3v) is 7.56. The van der Waals surface area contributed by atoms with Crippen LogP contribution in [0, 0.1) is 18.8 Å². The number of benzene rings is 2. The first-order valence-corrected chi connectivity index (χ1v) is 12.7. The maximum absolute atomic E-state index is 13.1. The molecule has 0 bridgehead atoms. The van der Waals surface area contributed by atoms with Gasteiger partial charge in [-0.05, 0) is 37.8 Å². The average Bonchev–Trinajstić information content (AvgIpc) is 2.78. The molecule has 2 aromatic rings. The minimum absolute atomic E-state index is 0.0384. The van der Waals surface area contributed by atoms with Gasteiger partial charge in [-0.25, -0.2) is 0 Å². The Morgan fingerprint density at radius 2 is 1.66 bits per heavy atom. The van der Waals surface area contributed by atoms with Gasteiger partial charge in [0, 0.05) is 33.1 Å². The van der Waals surface area contributed by atoms with Crippen LogP contribution in [-0.4, -0.2) is 22.5 Å². The van der Waals surface area contributed by atoms with Gasteiger partial charge in [-0.3, -0.25) is 4.79 Å². The van der Waals surface area contributed by atoms with Crippen molar-refractivity contribution in [1.29, 1.82) is 0 Å². The third-order valence-electron chi connectivity index (χ3n) is 4.97. The quantitative estimate of drug-likeness (QED) is 0.244. The van der Waals surface area contributed by atoms with Crippen molar-refractivity contribution in [3.05, 3.63) is 77.9 Å². The first-order chi connectivity index (χ1) is 14.1. The predicted octanol–water partition coefficient (Wildman–Crippen LogP) is 7.70. The van der Waals surface area contributed by atoms with Gasteiger partial charge in [0.25, 0.3) is 0 Å². The number of Topliss-reactive ketones (excluding diaryl/α,β-unsaturated/α-hetero) is 1. The second kappa shape index (κ2) is 13.0. The fourth-order valence-electron chi connectivity index (χ4n) is 3.18. The molecule has 0 saturated carbocycles. The molecule has 0 aromatic heterocycles. The van der Waals surface area contributed by atoms with Crippen LogP contribution in [0.1, 0.15) is 49.5 Å². The summed E-state index contributed by atoms with van der Waals surface area (Å²) in [6, 6.07) is 18.3. The maximum atomic E-state index is 13.1. The molecule has 0 spiro atoms. The fraction of sp³-hybridized carbons (Fsp3) is 0.423. The lowest BCUT2D eigenvalue weighted by Crippen LogP contribution is -2.22. The Kier molecular flexibility index (Phi) is 10.7. The standard InChI is InChI=1S/C24H28OS2.C2H6/c1-18-8-12-22(13-9-18)26-16-21(24(25)20-6-4-3-5-7-20)17-27-23-14-10-19(2)11-15-23;1-2/h3-10,12-14,19,21,23H,11,15-17H2,1-2H3;1-2H3. The summed E-state index contributed by atoms with van der Waals surface area (Å²) in [6.07, 6.45) is 7.15. The van der Waals surface area contributed by atoms with Crippen LogP contribution in [0.2, 0.25) is 0 Å². The maximum Gasteiger partial charge on any atom is 0.167 e. The number of aryl methyl sites for hydroxylation is 1. The van der Waals surface area contributed by atoms with Gasteiger partial charge in [-0.1, -0.05) is 81.0 Å². The van der Waals surface area contributed by atoms with Crippen molar-refractivity contribution in [1.82, 2.24) is 0 Å². The molecule has 29 heavy (non-hydrogen) atoms. The highest BCUT2D eigenvalue weighted by Crippen LogP contribution is 2.30. The first-order valence-electron chi connectivity index (χ1n) is 10.7. The van der Waals surface area contributed by atoms with Gasteiger partial charge >= 0.3 is 0 Å². The summed E-state index contributed by atoms with van der Waals surface area (Å²) in [5, 5.41) is 0.552. The third kappa shape index (κ3) is 8.06. The topological polar surface area (TPSA) is 17.1 Å².